The predicted molar refractivity (Wildman–Crippen MR) is 209 cm³/mol. The van der Waals surface area contributed by atoms with Gasteiger partial charge in [-0.05, 0) is 56.9 Å². The van der Waals surface area contributed by atoms with Gasteiger partial charge in [-0.3, -0.25) is 24.2 Å². The van der Waals surface area contributed by atoms with Gasteiger partial charge in [0.15, 0.2) is 28.1 Å². The summed E-state index contributed by atoms with van der Waals surface area (Å²) in [6.07, 6.45) is 3.94. The normalized spacial score (nSPS) is 13.1. The first-order valence-corrected chi connectivity index (χ1v) is 18.0. The zero-order chi connectivity index (χ0) is 39.0. The van der Waals surface area contributed by atoms with Crippen LogP contribution < -0.4 is 30.4 Å². The molecule has 54 heavy (non-hydrogen) atoms. The van der Waals surface area contributed by atoms with Crippen LogP contribution in [-0.4, -0.2) is 72.5 Å². The first-order valence-electron chi connectivity index (χ1n) is 18.0. The summed E-state index contributed by atoms with van der Waals surface area (Å²) in [5, 5.41) is 48.3. The molecule has 0 spiro atoms. The van der Waals surface area contributed by atoms with Crippen LogP contribution in [0.1, 0.15) is 76.3 Å². The van der Waals surface area contributed by atoms with Gasteiger partial charge in [0.05, 0.1) is 37.8 Å². The Bertz CT molecular complexity index is 2500. The highest BCUT2D eigenvalue weighted by molar-refractivity contribution is 6.42. The van der Waals surface area contributed by atoms with Gasteiger partial charge in [0.1, 0.15) is 11.5 Å². The Morgan fingerprint density at radius 2 is 1.28 bits per heavy atom. The number of hydrogen-bond donors (Lipinski definition) is 5. The van der Waals surface area contributed by atoms with Crippen LogP contribution in [0.2, 0.25) is 0 Å². The third kappa shape index (κ3) is 6.31. The van der Waals surface area contributed by atoms with Crippen molar-refractivity contribution in [2.75, 3.05) is 39.7 Å². The Morgan fingerprint density at radius 3 is 1.83 bits per heavy atom. The van der Waals surface area contributed by atoms with E-state index >= 15 is 0 Å². The molecule has 0 heterocycles. The van der Waals surface area contributed by atoms with Crippen molar-refractivity contribution in [1.82, 2.24) is 0 Å². The van der Waals surface area contributed by atoms with Gasteiger partial charge in [0.2, 0.25) is 0 Å². The summed E-state index contributed by atoms with van der Waals surface area (Å²) in [6, 6.07) is 2.57. The highest BCUT2D eigenvalue weighted by Gasteiger charge is 2.35. The molecule has 1 aliphatic carbocycles. The maximum absolute atomic E-state index is 14.0. The number of carbonyl (C=O) groups is 2. The second-order valence-electron chi connectivity index (χ2n) is 13.7. The van der Waals surface area contributed by atoms with Crippen molar-refractivity contribution in [3.63, 3.8) is 0 Å². The number of carboxylic acid groups (broad SMARTS) is 2. The lowest BCUT2D eigenvalue weighted by Gasteiger charge is -2.25. The number of benzene rings is 5. The number of methoxy groups -OCH3 is 3. The smallest absolute Gasteiger partial charge is 0.303 e. The first-order chi connectivity index (χ1) is 25.9. The van der Waals surface area contributed by atoms with E-state index < -0.39 is 22.8 Å². The largest absolute Gasteiger partial charge is 0.505 e. The number of fused-ring (bicyclic) bond motifs is 1. The van der Waals surface area contributed by atoms with Crippen molar-refractivity contribution in [3.8, 4) is 28.7 Å². The molecule has 0 fully saturated rings. The van der Waals surface area contributed by atoms with E-state index in [9.17, 15) is 29.4 Å². The SMILES string of the molecule is COc1c(O)c2c(=O)cc(OC)c3c4c(OC)cc(=O)c5c(O)c(NCCCCCC(=O)O)c6c(c(c1C(C(C)=NCCCCCC(=O)O)=C(C)C6)c23)c54. The summed E-state index contributed by atoms with van der Waals surface area (Å²) in [7, 11) is 4.26. The standard InChI is InChI=1S/C41H44N2O11/c1-19-16-21-29-34-30(39(50)38(21)43-15-11-7-9-13-27(48)49)22(44)17-24(52-3)32(34)33-25(53-4)18-23(45)31-36(33)35(29)37(41(54-5)40(31)51)28(19)20(2)42-14-10-6-8-12-26(46)47/h17-18,43,50-51H,6-16H2,1-5H3,(H,46,47)(H,48,49). The van der Waals surface area contributed by atoms with Gasteiger partial charge in [0, 0.05) is 81.8 Å². The highest BCUT2D eigenvalue weighted by Crippen LogP contribution is 2.57. The minimum Gasteiger partial charge on any atom is -0.505 e. The predicted octanol–water partition coefficient (Wildman–Crippen LogP) is 6.82. The average molecular weight is 741 g/mol. The van der Waals surface area contributed by atoms with E-state index in [0.717, 1.165) is 5.57 Å². The Hall–Kier alpha value is -5.85. The van der Waals surface area contributed by atoms with Crippen LogP contribution in [0.4, 0.5) is 5.69 Å². The molecule has 0 amide bonds. The van der Waals surface area contributed by atoms with E-state index in [-0.39, 0.29) is 58.8 Å². The van der Waals surface area contributed by atoms with Gasteiger partial charge in [0.25, 0.3) is 0 Å². The molecule has 0 atom stereocenters. The Labute approximate surface area is 310 Å². The quantitative estimate of drug-likeness (QED) is 0.0219. The molecule has 5 aromatic carbocycles. The summed E-state index contributed by atoms with van der Waals surface area (Å²) < 4.78 is 17.6. The Balaban J connectivity index is 1.75. The van der Waals surface area contributed by atoms with Gasteiger partial charge in [-0.1, -0.05) is 18.4 Å². The number of hydrogen-bond acceptors (Lipinski definition) is 11. The first kappa shape index (κ1) is 37.9. The molecule has 0 aromatic heterocycles. The van der Waals surface area contributed by atoms with Crippen LogP contribution in [0.15, 0.2) is 32.3 Å². The van der Waals surface area contributed by atoms with Crippen LogP contribution in [0.3, 0.4) is 0 Å². The van der Waals surface area contributed by atoms with Crippen LogP contribution >= 0.6 is 0 Å². The summed E-state index contributed by atoms with van der Waals surface area (Å²) in [4.78, 5) is 55.0. The van der Waals surface area contributed by atoms with Gasteiger partial charge >= 0.3 is 11.9 Å². The minimum absolute atomic E-state index is 0.00709. The fourth-order valence-corrected chi connectivity index (χ4v) is 8.14. The molecule has 0 unspecified atom stereocenters. The van der Waals surface area contributed by atoms with Crippen molar-refractivity contribution in [2.24, 2.45) is 4.99 Å². The van der Waals surface area contributed by atoms with Crippen LogP contribution in [0.25, 0.3) is 48.7 Å². The second-order valence-corrected chi connectivity index (χ2v) is 13.7. The summed E-state index contributed by atoms with van der Waals surface area (Å²) in [5.41, 5.74) is 2.52. The molecule has 0 aliphatic heterocycles. The number of anilines is 1. The zero-order valence-corrected chi connectivity index (χ0v) is 31.0. The van der Waals surface area contributed by atoms with Crippen molar-refractivity contribution < 1.29 is 44.2 Å². The van der Waals surface area contributed by atoms with E-state index in [1.165, 1.54) is 33.5 Å². The van der Waals surface area contributed by atoms with Crippen LogP contribution in [0, 0.1) is 0 Å². The fourth-order valence-electron chi connectivity index (χ4n) is 8.14. The molecular formula is C41H44N2O11. The molecule has 0 saturated heterocycles. The molecule has 0 bridgehead atoms. The number of phenolic OH excluding ortho intramolecular Hbond substituents is 2. The minimum atomic E-state index is -0.871. The van der Waals surface area contributed by atoms with E-state index in [4.69, 9.17) is 29.4 Å². The van der Waals surface area contributed by atoms with E-state index in [1.54, 1.807) is 0 Å². The lowest BCUT2D eigenvalue weighted by molar-refractivity contribution is -0.138. The molecule has 0 radical (unpaired) electrons. The number of allylic oxidation sites excluding steroid dienone is 2. The number of unbranched alkanes of at least 4 members (excludes halogenated alkanes) is 4. The maximum atomic E-state index is 14.0. The van der Waals surface area contributed by atoms with E-state index in [1.807, 2.05) is 13.8 Å². The van der Waals surface area contributed by atoms with Crippen LogP contribution in [-0.2, 0) is 16.0 Å². The lowest BCUT2D eigenvalue weighted by atomic mass is 9.82. The fraction of sp³-hybridized carbons (Fsp3) is 0.390. The molecule has 5 N–H and O–H groups in total. The molecule has 6 rings (SSSR count). The van der Waals surface area contributed by atoms with E-state index in [2.05, 4.69) is 5.32 Å². The third-order valence-electron chi connectivity index (χ3n) is 10.4. The molecule has 5 aromatic rings. The molecule has 0 saturated carbocycles. The van der Waals surface area contributed by atoms with Gasteiger partial charge < -0.3 is 40.0 Å². The molecule has 13 heteroatoms. The number of nitrogens with one attached hydrogen (secondary N) is 1. The molecule has 284 valence electrons. The Morgan fingerprint density at radius 1 is 0.722 bits per heavy atom. The number of rotatable bonds is 17. The zero-order valence-electron chi connectivity index (χ0n) is 31.0. The number of aromatic hydroxyl groups is 2. The Kier molecular flexibility index (Phi) is 10.7. The number of phenols is 2. The summed E-state index contributed by atoms with van der Waals surface area (Å²) in [6.45, 7) is 4.56. The van der Waals surface area contributed by atoms with Gasteiger partial charge in [-0.15, -0.1) is 0 Å². The van der Waals surface area contributed by atoms with Gasteiger partial charge in [-0.2, -0.15) is 0 Å². The monoisotopic (exact) mass is 740 g/mol. The molecule has 13 nitrogen and oxygen atoms in total. The lowest BCUT2D eigenvalue weighted by Crippen LogP contribution is -2.11. The summed E-state index contributed by atoms with van der Waals surface area (Å²) >= 11 is 0. The number of aliphatic carboxylic acids is 2. The number of carboxylic acids is 2. The van der Waals surface area contributed by atoms with Gasteiger partial charge in [-0.25, -0.2) is 0 Å². The van der Waals surface area contributed by atoms with Crippen molar-refractivity contribution in [1.29, 1.82) is 0 Å². The van der Waals surface area contributed by atoms with Crippen molar-refractivity contribution in [3.05, 3.63) is 49.3 Å². The summed E-state index contributed by atoms with van der Waals surface area (Å²) in [5.74, 6) is -1.91. The molecule has 1 aliphatic rings. The van der Waals surface area contributed by atoms with Crippen molar-refractivity contribution >= 4 is 72.0 Å². The number of ether oxygens (including phenoxy) is 3. The topological polar surface area (TPSA) is 201 Å². The van der Waals surface area contributed by atoms with Crippen LogP contribution in [0.5, 0.6) is 28.7 Å². The van der Waals surface area contributed by atoms with Crippen molar-refractivity contribution in [2.45, 2.75) is 71.6 Å². The number of aliphatic imine (C=N–C) groups is 1. The van der Waals surface area contributed by atoms with E-state index in [0.29, 0.717) is 112 Å². The average Bonchev–Trinajstić information content (AvgIpc) is 3.25. The second kappa shape index (κ2) is 15.2. The third-order valence-corrected chi connectivity index (χ3v) is 10.4. The molecular weight excluding hydrogens is 696 g/mol. The highest BCUT2D eigenvalue weighted by atomic mass is 16.5. The maximum Gasteiger partial charge on any atom is 0.303 e. The number of nitrogens with zero attached hydrogens (tertiary/aromatic N) is 1.